The quantitative estimate of drug-likeness (QED) is 0.440. The van der Waals surface area contributed by atoms with E-state index >= 15 is 0 Å². The fourth-order valence-electron chi connectivity index (χ4n) is 3.53. The number of nitrogens with one attached hydrogen (secondary N) is 1. The molecule has 3 aromatic rings. The van der Waals surface area contributed by atoms with Crippen LogP contribution in [0.5, 0.6) is 0 Å². The number of hydrogen-bond donors (Lipinski definition) is 1. The van der Waals surface area contributed by atoms with Crippen molar-refractivity contribution < 1.29 is 19.1 Å². The molecule has 3 aromatic heterocycles. The van der Waals surface area contributed by atoms with E-state index in [0.717, 1.165) is 35.2 Å². The standard InChI is InChI=1S/C19H22BrN6O3/c1-28-19(27)15-6-4-8-25(15)17-9-16(26-18(23-17)14(20)11-22-26)21-10-13-5-3-7-24(12-13)29-2/h3,5,7,9,11-12,15,21H,4,6,8,10H2,1-2H3/q+1/t15-/m0/s1. The highest BCUT2D eigenvalue weighted by molar-refractivity contribution is 9.10. The number of esters is 1. The molecule has 1 atom stereocenters. The van der Waals surface area contributed by atoms with Gasteiger partial charge in [-0.15, -0.1) is 0 Å². The van der Waals surface area contributed by atoms with Crippen LogP contribution in [-0.2, 0) is 16.1 Å². The molecule has 0 radical (unpaired) electrons. The lowest BCUT2D eigenvalue weighted by Crippen LogP contribution is -2.40. The molecule has 1 N–H and O–H groups in total. The van der Waals surface area contributed by atoms with Crippen LogP contribution in [0.25, 0.3) is 5.65 Å². The summed E-state index contributed by atoms with van der Waals surface area (Å²) in [6.07, 6.45) is 7.11. The second-order valence-electron chi connectivity index (χ2n) is 6.71. The fraction of sp³-hybridized carbons (Fsp3) is 0.368. The van der Waals surface area contributed by atoms with Crippen LogP contribution >= 0.6 is 15.9 Å². The molecular formula is C19H22BrN6O3+. The molecule has 0 aromatic carbocycles. The first kappa shape index (κ1) is 19.4. The van der Waals surface area contributed by atoms with Crippen molar-refractivity contribution >= 4 is 39.2 Å². The lowest BCUT2D eigenvalue weighted by atomic mass is 10.2. The number of methoxy groups -OCH3 is 1. The zero-order valence-electron chi connectivity index (χ0n) is 16.2. The molecule has 1 saturated heterocycles. The van der Waals surface area contributed by atoms with Gasteiger partial charge in [-0.2, -0.15) is 9.61 Å². The Morgan fingerprint density at radius 1 is 1.45 bits per heavy atom. The minimum absolute atomic E-state index is 0.236. The molecular weight excluding hydrogens is 440 g/mol. The van der Waals surface area contributed by atoms with Gasteiger partial charge in [0.2, 0.25) is 12.4 Å². The number of fused-ring (bicyclic) bond motifs is 1. The van der Waals surface area contributed by atoms with E-state index in [-0.39, 0.29) is 12.0 Å². The minimum Gasteiger partial charge on any atom is -0.467 e. The number of pyridine rings is 1. The van der Waals surface area contributed by atoms with Crippen LogP contribution in [0, 0.1) is 0 Å². The van der Waals surface area contributed by atoms with E-state index in [0.29, 0.717) is 18.0 Å². The first-order valence-electron chi connectivity index (χ1n) is 9.28. The van der Waals surface area contributed by atoms with Gasteiger partial charge >= 0.3 is 5.97 Å². The largest absolute Gasteiger partial charge is 0.467 e. The third-order valence-corrected chi connectivity index (χ3v) is 5.52. The van der Waals surface area contributed by atoms with Gasteiger partial charge in [-0.25, -0.2) is 9.78 Å². The molecule has 0 saturated carbocycles. The Morgan fingerprint density at radius 3 is 3.10 bits per heavy atom. The molecule has 10 heteroatoms. The zero-order valence-corrected chi connectivity index (χ0v) is 17.8. The lowest BCUT2D eigenvalue weighted by molar-refractivity contribution is -0.885. The molecule has 4 rings (SSSR count). The summed E-state index contributed by atoms with van der Waals surface area (Å²) in [6, 6.07) is 5.53. The fourth-order valence-corrected chi connectivity index (χ4v) is 3.88. The average Bonchev–Trinajstić information content (AvgIpc) is 3.39. The van der Waals surface area contributed by atoms with Crippen molar-refractivity contribution in [3.63, 3.8) is 0 Å². The number of halogens is 1. The van der Waals surface area contributed by atoms with Crippen molar-refractivity contribution in [1.82, 2.24) is 14.6 Å². The molecule has 1 aliphatic heterocycles. The van der Waals surface area contributed by atoms with Crippen molar-refractivity contribution in [2.45, 2.75) is 25.4 Å². The Kier molecular flexibility index (Phi) is 5.52. The predicted molar refractivity (Wildman–Crippen MR) is 110 cm³/mol. The number of carbonyl (C=O) groups excluding carboxylic acids is 1. The van der Waals surface area contributed by atoms with E-state index in [1.807, 2.05) is 35.5 Å². The van der Waals surface area contributed by atoms with Crippen LogP contribution < -0.4 is 19.8 Å². The molecule has 1 fully saturated rings. The second-order valence-corrected chi connectivity index (χ2v) is 7.56. The lowest BCUT2D eigenvalue weighted by Gasteiger charge is -2.24. The van der Waals surface area contributed by atoms with Crippen molar-refractivity contribution in [3.05, 3.63) is 46.8 Å². The summed E-state index contributed by atoms with van der Waals surface area (Å²) in [6.45, 7) is 1.32. The van der Waals surface area contributed by atoms with Gasteiger partial charge in [0.1, 0.15) is 24.8 Å². The van der Waals surface area contributed by atoms with Crippen LogP contribution in [0.15, 0.2) is 41.3 Å². The minimum atomic E-state index is -0.320. The SMILES string of the molecule is COC(=O)[C@@H]1CCCN1c1cc(NCc2ccc[n+](OC)c2)n2ncc(Br)c2n1. The molecule has 0 aliphatic carbocycles. The number of ether oxygens (including phenoxy) is 1. The normalized spacial score (nSPS) is 16.2. The highest BCUT2D eigenvalue weighted by atomic mass is 79.9. The monoisotopic (exact) mass is 461 g/mol. The van der Waals surface area contributed by atoms with Crippen molar-refractivity contribution in [3.8, 4) is 0 Å². The highest BCUT2D eigenvalue weighted by Gasteiger charge is 2.33. The summed E-state index contributed by atoms with van der Waals surface area (Å²) in [5, 5.41) is 7.83. The number of hydrogen-bond acceptors (Lipinski definition) is 7. The zero-order chi connectivity index (χ0) is 20.4. The van der Waals surface area contributed by atoms with E-state index in [9.17, 15) is 4.79 Å². The van der Waals surface area contributed by atoms with E-state index < -0.39 is 0 Å². The Labute approximate surface area is 176 Å². The Morgan fingerprint density at radius 2 is 2.31 bits per heavy atom. The van der Waals surface area contributed by atoms with E-state index in [4.69, 9.17) is 14.6 Å². The van der Waals surface area contributed by atoms with Gasteiger partial charge in [0.25, 0.3) is 0 Å². The average molecular weight is 462 g/mol. The van der Waals surface area contributed by atoms with E-state index in [2.05, 4.69) is 26.3 Å². The summed E-state index contributed by atoms with van der Waals surface area (Å²) >= 11 is 3.51. The Hall–Kier alpha value is -2.88. The number of carbonyl (C=O) groups is 1. The van der Waals surface area contributed by atoms with Gasteiger partial charge in [-0.1, -0.05) is 0 Å². The number of nitrogens with zero attached hydrogens (tertiary/aromatic N) is 5. The molecule has 0 unspecified atom stereocenters. The maximum Gasteiger partial charge on any atom is 0.328 e. The summed E-state index contributed by atoms with van der Waals surface area (Å²) in [4.78, 5) is 24.1. The Balaban J connectivity index is 1.67. The van der Waals surface area contributed by atoms with Gasteiger partial charge in [-0.3, -0.25) is 4.84 Å². The maximum atomic E-state index is 12.2. The Bertz CT molecular complexity index is 1040. The molecule has 0 spiro atoms. The third kappa shape index (κ3) is 3.84. The number of rotatable bonds is 6. The summed E-state index contributed by atoms with van der Waals surface area (Å²) in [5.41, 5.74) is 1.72. The topological polar surface area (TPSA) is 84.9 Å². The smallest absolute Gasteiger partial charge is 0.328 e. The first-order valence-corrected chi connectivity index (χ1v) is 10.1. The van der Waals surface area contributed by atoms with Crippen LogP contribution in [0.3, 0.4) is 0 Å². The van der Waals surface area contributed by atoms with Crippen LogP contribution in [-0.4, -0.2) is 47.4 Å². The molecule has 9 nitrogen and oxygen atoms in total. The molecule has 152 valence electrons. The molecule has 29 heavy (non-hydrogen) atoms. The molecule has 0 amide bonds. The first-order chi connectivity index (χ1) is 14.1. The molecule has 0 bridgehead atoms. The van der Waals surface area contributed by atoms with Gasteiger partial charge < -0.3 is 15.0 Å². The number of aromatic nitrogens is 4. The summed E-state index contributed by atoms with van der Waals surface area (Å²) < 4.78 is 9.14. The van der Waals surface area contributed by atoms with E-state index in [1.165, 1.54) is 7.11 Å². The van der Waals surface area contributed by atoms with Crippen LogP contribution in [0.1, 0.15) is 18.4 Å². The van der Waals surface area contributed by atoms with Crippen molar-refractivity contribution in [1.29, 1.82) is 0 Å². The van der Waals surface area contributed by atoms with Gasteiger partial charge in [-0.05, 0) is 34.8 Å². The van der Waals surface area contributed by atoms with Gasteiger partial charge in [0.05, 0.1) is 17.8 Å². The number of anilines is 2. The maximum absolute atomic E-state index is 12.2. The van der Waals surface area contributed by atoms with Crippen molar-refractivity contribution in [2.75, 3.05) is 31.0 Å². The second kappa shape index (κ2) is 8.24. The van der Waals surface area contributed by atoms with Gasteiger partial charge in [0, 0.05) is 35.5 Å². The van der Waals surface area contributed by atoms with Crippen molar-refractivity contribution in [2.24, 2.45) is 0 Å². The summed E-state index contributed by atoms with van der Waals surface area (Å²) in [7, 11) is 3.03. The van der Waals surface area contributed by atoms with Gasteiger partial charge in [0.15, 0.2) is 5.65 Å². The predicted octanol–water partition coefficient (Wildman–Crippen LogP) is 1.59. The molecule has 1 aliphatic rings. The highest BCUT2D eigenvalue weighted by Crippen LogP contribution is 2.29. The van der Waals surface area contributed by atoms with Crippen LogP contribution in [0.4, 0.5) is 11.6 Å². The summed E-state index contributed by atoms with van der Waals surface area (Å²) in [5.74, 6) is 1.26. The van der Waals surface area contributed by atoms with E-state index in [1.54, 1.807) is 22.6 Å². The molecule has 4 heterocycles. The third-order valence-electron chi connectivity index (χ3n) is 4.96. The van der Waals surface area contributed by atoms with Crippen LogP contribution in [0.2, 0.25) is 0 Å².